The highest BCUT2D eigenvalue weighted by molar-refractivity contribution is 5.66. The van der Waals surface area contributed by atoms with Crippen molar-refractivity contribution in [3.63, 3.8) is 0 Å². The molecule has 2 heteroatoms. The Morgan fingerprint density at radius 1 is 1.45 bits per heavy atom. The number of carbonyl (C=O) groups is 1. The number of hydrogen-bond acceptors (Lipinski definition) is 2. The van der Waals surface area contributed by atoms with E-state index in [0.29, 0.717) is 0 Å². The highest BCUT2D eigenvalue weighted by atomic mass is 16.5. The Balaban J connectivity index is 3.74. The average molecular weight is 154 g/mol. The zero-order valence-corrected chi connectivity index (χ0v) is 7.26. The van der Waals surface area contributed by atoms with E-state index in [4.69, 9.17) is 0 Å². The van der Waals surface area contributed by atoms with Gasteiger partial charge in [-0.25, -0.2) is 0 Å². The molecule has 0 aliphatic rings. The maximum Gasteiger partial charge on any atom is 0.307 e. The van der Waals surface area contributed by atoms with Crippen molar-refractivity contribution in [2.75, 3.05) is 0 Å². The van der Waals surface area contributed by atoms with Crippen LogP contribution >= 0.6 is 0 Å². The van der Waals surface area contributed by atoms with Crippen molar-refractivity contribution in [3.8, 4) is 0 Å². The van der Waals surface area contributed by atoms with E-state index in [1.54, 1.807) is 6.08 Å². The first kappa shape index (κ1) is 9.95. The minimum absolute atomic E-state index is 0.287. The van der Waals surface area contributed by atoms with Gasteiger partial charge in [0.1, 0.15) is 0 Å². The minimum Gasteiger partial charge on any atom is -0.435 e. The number of allylic oxidation sites excluding steroid dienone is 3. The van der Waals surface area contributed by atoms with Crippen molar-refractivity contribution in [3.05, 3.63) is 24.0 Å². The fourth-order valence-corrected chi connectivity index (χ4v) is 0.627. The van der Waals surface area contributed by atoms with Gasteiger partial charge in [-0.05, 0) is 19.4 Å². The summed E-state index contributed by atoms with van der Waals surface area (Å²) in [7, 11) is 0. The molecular formula is C9H14O2. The van der Waals surface area contributed by atoms with Crippen LogP contribution in [0.2, 0.25) is 0 Å². The monoisotopic (exact) mass is 154 g/mol. The molecule has 0 saturated carbocycles. The fourth-order valence-electron chi connectivity index (χ4n) is 0.627. The molecule has 62 valence electrons. The molecule has 0 rings (SSSR count). The van der Waals surface area contributed by atoms with Crippen molar-refractivity contribution in [2.24, 2.45) is 0 Å². The molecule has 0 atom stereocenters. The number of ether oxygens (including phenoxy) is 1. The summed E-state index contributed by atoms with van der Waals surface area (Å²) in [6.45, 7) is 5.40. The van der Waals surface area contributed by atoms with Crippen LogP contribution in [0.3, 0.4) is 0 Å². The lowest BCUT2D eigenvalue weighted by atomic mass is 10.2. The minimum atomic E-state index is -0.287. The van der Waals surface area contributed by atoms with E-state index in [2.05, 4.69) is 17.7 Å². The fraction of sp³-hybridized carbons (Fsp3) is 0.444. The molecule has 0 aliphatic heterocycles. The molecule has 0 aromatic carbocycles. The second-order valence-corrected chi connectivity index (χ2v) is 2.27. The standard InChI is InChI=1S/C9H14O2/c1-4-5-8(2)6-7-11-9(3)10/h5-7H,4H2,1-3H3/b7-6+,8-5+. The molecule has 0 heterocycles. The second-order valence-electron chi connectivity index (χ2n) is 2.27. The number of rotatable bonds is 3. The van der Waals surface area contributed by atoms with Gasteiger partial charge in [0, 0.05) is 6.92 Å². The lowest BCUT2D eigenvalue weighted by Crippen LogP contribution is -1.89. The number of hydrogen-bond donors (Lipinski definition) is 0. The Bertz CT molecular complexity index is 178. The van der Waals surface area contributed by atoms with Crippen LogP contribution in [0.4, 0.5) is 0 Å². The molecule has 0 saturated heterocycles. The average Bonchev–Trinajstić information content (AvgIpc) is 1.87. The van der Waals surface area contributed by atoms with E-state index in [1.807, 2.05) is 6.92 Å². The van der Waals surface area contributed by atoms with Crippen LogP contribution in [0.15, 0.2) is 24.0 Å². The molecule has 0 aliphatic carbocycles. The topological polar surface area (TPSA) is 26.3 Å². The van der Waals surface area contributed by atoms with Crippen molar-refractivity contribution in [1.82, 2.24) is 0 Å². The molecule has 11 heavy (non-hydrogen) atoms. The molecule has 0 N–H and O–H groups in total. The summed E-state index contributed by atoms with van der Waals surface area (Å²) in [6.07, 6.45) is 6.23. The number of esters is 1. The van der Waals surface area contributed by atoms with E-state index in [-0.39, 0.29) is 5.97 Å². The van der Waals surface area contributed by atoms with Crippen LogP contribution in [0, 0.1) is 0 Å². The summed E-state index contributed by atoms with van der Waals surface area (Å²) in [6, 6.07) is 0. The zero-order valence-electron chi connectivity index (χ0n) is 7.26. The Labute approximate surface area is 67.6 Å². The highest BCUT2D eigenvalue weighted by Crippen LogP contribution is 1.96. The summed E-state index contributed by atoms with van der Waals surface area (Å²) < 4.78 is 4.60. The molecule has 0 fully saturated rings. The summed E-state index contributed by atoms with van der Waals surface area (Å²) in [5.41, 5.74) is 1.11. The van der Waals surface area contributed by atoms with E-state index < -0.39 is 0 Å². The Hall–Kier alpha value is -1.05. The van der Waals surface area contributed by atoms with Crippen LogP contribution < -0.4 is 0 Å². The first-order valence-electron chi connectivity index (χ1n) is 3.67. The van der Waals surface area contributed by atoms with Gasteiger partial charge in [-0.15, -0.1) is 0 Å². The van der Waals surface area contributed by atoms with Crippen LogP contribution in [-0.2, 0) is 9.53 Å². The summed E-state index contributed by atoms with van der Waals surface area (Å²) in [4.78, 5) is 10.3. The lowest BCUT2D eigenvalue weighted by Gasteiger charge is -1.91. The maximum atomic E-state index is 10.3. The Kier molecular flexibility index (Phi) is 5.17. The van der Waals surface area contributed by atoms with Gasteiger partial charge in [0.05, 0.1) is 6.26 Å². The van der Waals surface area contributed by atoms with Gasteiger partial charge in [-0.3, -0.25) is 4.79 Å². The van der Waals surface area contributed by atoms with Gasteiger partial charge in [0.15, 0.2) is 0 Å². The first-order chi connectivity index (χ1) is 5.16. The van der Waals surface area contributed by atoms with Gasteiger partial charge in [-0.1, -0.05) is 18.6 Å². The van der Waals surface area contributed by atoms with Gasteiger partial charge in [-0.2, -0.15) is 0 Å². The molecule has 0 bridgehead atoms. The zero-order chi connectivity index (χ0) is 8.69. The second kappa shape index (κ2) is 5.71. The Morgan fingerprint density at radius 3 is 2.55 bits per heavy atom. The van der Waals surface area contributed by atoms with Gasteiger partial charge < -0.3 is 4.74 Å². The van der Waals surface area contributed by atoms with Crippen LogP contribution in [0.5, 0.6) is 0 Å². The molecule has 0 unspecified atom stereocenters. The lowest BCUT2D eigenvalue weighted by molar-refractivity contribution is -0.135. The van der Waals surface area contributed by atoms with Crippen molar-refractivity contribution < 1.29 is 9.53 Å². The van der Waals surface area contributed by atoms with Crippen LogP contribution in [0.25, 0.3) is 0 Å². The number of carbonyl (C=O) groups excluding carboxylic acids is 1. The van der Waals surface area contributed by atoms with E-state index in [1.165, 1.54) is 13.2 Å². The molecule has 0 spiro atoms. The van der Waals surface area contributed by atoms with Crippen molar-refractivity contribution in [1.29, 1.82) is 0 Å². The van der Waals surface area contributed by atoms with Crippen molar-refractivity contribution in [2.45, 2.75) is 27.2 Å². The smallest absolute Gasteiger partial charge is 0.307 e. The van der Waals surface area contributed by atoms with E-state index in [0.717, 1.165) is 12.0 Å². The van der Waals surface area contributed by atoms with E-state index >= 15 is 0 Å². The first-order valence-corrected chi connectivity index (χ1v) is 3.67. The molecule has 0 radical (unpaired) electrons. The molecule has 0 aromatic heterocycles. The van der Waals surface area contributed by atoms with Gasteiger partial charge >= 0.3 is 5.97 Å². The van der Waals surface area contributed by atoms with Crippen LogP contribution in [-0.4, -0.2) is 5.97 Å². The normalized spacial score (nSPS) is 12.1. The highest BCUT2D eigenvalue weighted by Gasteiger charge is 1.84. The SMILES string of the molecule is CC/C=C(C)/C=C/OC(C)=O. The maximum absolute atomic E-state index is 10.3. The third kappa shape index (κ3) is 6.84. The van der Waals surface area contributed by atoms with Gasteiger partial charge in [0.25, 0.3) is 0 Å². The molecular weight excluding hydrogens is 140 g/mol. The van der Waals surface area contributed by atoms with Gasteiger partial charge in [0.2, 0.25) is 0 Å². The Morgan fingerprint density at radius 2 is 2.09 bits per heavy atom. The molecule has 0 aromatic rings. The summed E-state index contributed by atoms with van der Waals surface area (Å²) >= 11 is 0. The summed E-state index contributed by atoms with van der Waals surface area (Å²) in [5.74, 6) is -0.287. The predicted octanol–water partition coefficient (Wildman–Crippen LogP) is 2.42. The quantitative estimate of drug-likeness (QED) is 0.354. The van der Waals surface area contributed by atoms with Crippen LogP contribution in [0.1, 0.15) is 27.2 Å². The summed E-state index contributed by atoms with van der Waals surface area (Å²) in [5, 5.41) is 0. The predicted molar refractivity (Wildman–Crippen MR) is 45.0 cm³/mol. The third-order valence-electron chi connectivity index (χ3n) is 1.09. The molecule has 2 nitrogen and oxygen atoms in total. The third-order valence-corrected chi connectivity index (χ3v) is 1.09. The van der Waals surface area contributed by atoms with E-state index in [9.17, 15) is 4.79 Å². The largest absolute Gasteiger partial charge is 0.435 e. The van der Waals surface area contributed by atoms with Crippen molar-refractivity contribution >= 4 is 5.97 Å². The molecule has 0 amide bonds.